The van der Waals surface area contributed by atoms with Gasteiger partial charge in [0.1, 0.15) is 40.7 Å². The van der Waals surface area contributed by atoms with Crippen molar-refractivity contribution in [3.63, 3.8) is 0 Å². The van der Waals surface area contributed by atoms with Crippen molar-refractivity contribution < 1.29 is 47.7 Å². The maximum absolute atomic E-state index is 14.4. The number of likely N-dealkylation sites (tertiary alicyclic amines) is 1. The van der Waals surface area contributed by atoms with E-state index in [-0.39, 0.29) is 36.4 Å². The van der Waals surface area contributed by atoms with Crippen LogP contribution in [0, 0.1) is 5.92 Å². The largest absolute Gasteiger partial charge is 0.491 e. The molecule has 4 amide bonds. The van der Waals surface area contributed by atoms with Gasteiger partial charge in [-0.25, -0.2) is 14.6 Å². The topological polar surface area (TPSA) is 166 Å². The molecule has 340 valence electrons. The van der Waals surface area contributed by atoms with Crippen molar-refractivity contribution >= 4 is 49.2 Å². The molecular formula is C44H69N5O10SSi. The third-order valence-corrected chi connectivity index (χ3v) is 13.5. The van der Waals surface area contributed by atoms with Crippen LogP contribution < -0.4 is 10.1 Å². The summed E-state index contributed by atoms with van der Waals surface area (Å²) in [4.78, 5) is 75.9. The molecule has 1 aliphatic carbocycles. The van der Waals surface area contributed by atoms with Crippen LogP contribution in [0.4, 0.5) is 9.59 Å². The van der Waals surface area contributed by atoms with Crippen LogP contribution in [-0.4, -0.2) is 142 Å². The third kappa shape index (κ3) is 16.0. The van der Waals surface area contributed by atoms with Crippen molar-refractivity contribution in [1.82, 2.24) is 25.0 Å². The summed E-state index contributed by atoms with van der Waals surface area (Å²) in [6.07, 6.45) is 5.21. The molecule has 1 aromatic heterocycles. The Morgan fingerprint density at radius 1 is 0.918 bits per heavy atom. The van der Waals surface area contributed by atoms with Crippen LogP contribution in [0.15, 0.2) is 29.6 Å². The highest BCUT2D eigenvalue weighted by Crippen LogP contribution is 2.37. The van der Waals surface area contributed by atoms with Crippen LogP contribution in [0.1, 0.15) is 99.7 Å². The van der Waals surface area contributed by atoms with E-state index in [0.29, 0.717) is 74.6 Å². The Kier molecular flexibility index (Phi) is 19.0. The number of rotatable bonds is 21. The predicted molar refractivity (Wildman–Crippen MR) is 237 cm³/mol. The van der Waals surface area contributed by atoms with Gasteiger partial charge in [0.2, 0.25) is 17.6 Å². The summed E-state index contributed by atoms with van der Waals surface area (Å²) in [7, 11) is 1.95. The fraction of sp³-hybridized carbons (Fsp3) is 0.682. The first kappa shape index (κ1) is 49.6. The van der Waals surface area contributed by atoms with Gasteiger partial charge in [0.05, 0.1) is 39.1 Å². The minimum absolute atomic E-state index is 0.0271. The molecule has 2 heterocycles. The van der Waals surface area contributed by atoms with E-state index < -0.39 is 37.8 Å². The summed E-state index contributed by atoms with van der Waals surface area (Å²) in [5.41, 5.74) is 0.00613. The van der Waals surface area contributed by atoms with Crippen LogP contribution >= 0.6 is 11.3 Å². The second-order valence-electron chi connectivity index (χ2n) is 18.2. The number of ketones is 1. The highest BCUT2D eigenvalue weighted by molar-refractivity contribution is 7.10. The molecule has 17 heteroatoms. The zero-order valence-corrected chi connectivity index (χ0v) is 39.6. The smallest absolute Gasteiger partial charge is 0.410 e. The van der Waals surface area contributed by atoms with E-state index in [2.05, 4.69) is 25.0 Å². The Labute approximate surface area is 367 Å². The highest BCUT2D eigenvalue weighted by Gasteiger charge is 2.41. The molecule has 61 heavy (non-hydrogen) atoms. The second kappa shape index (κ2) is 23.4. The number of thiazole rings is 1. The summed E-state index contributed by atoms with van der Waals surface area (Å²) in [5, 5.41) is 5.45. The zero-order valence-electron chi connectivity index (χ0n) is 37.8. The standard InChI is InChI=1S/C44H69N5O10SSi/c1-31(48(6)43(54)59-44(2,3)4)39(51)46-37(32-15-11-10-12-16-32)41(52)49-20-14-19-36(49)40-45-35(30-60-40)38(50)33-17-13-18-34(29-33)57-26-25-56-24-23-55-22-21-47(5)42(53)58-27-28-61(7,8)9/h13,17-18,29-32,36-37H,10-12,14-16,19-28H2,1-9H3,(H,46,51)/t31-,36-,37-/m0/s1. The maximum Gasteiger partial charge on any atom is 0.410 e. The molecule has 4 rings (SSSR count). The van der Waals surface area contributed by atoms with Crippen molar-refractivity contribution in [3.05, 3.63) is 45.9 Å². The fourth-order valence-electron chi connectivity index (χ4n) is 7.06. The number of benzene rings is 1. The predicted octanol–water partition coefficient (Wildman–Crippen LogP) is 7.18. The Hall–Kier alpha value is -4.06. The van der Waals surface area contributed by atoms with Crippen LogP contribution in [0.3, 0.4) is 0 Å². The number of likely N-dealkylation sites (N-methyl/N-ethyl adjacent to an activating group) is 2. The molecule has 0 unspecified atom stereocenters. The van der Waals surface area contributed by atoms with Gasteiger partial charge in [-0.1, -0.05) is 51.0 Å². The molecule has 0 bridgehead atoms. The van der Waals surface area contributed by atoms with E-state index in [1.54, 1.807) is 64.4 Å². The van der Waals surface area contributed by atoms with Crippen molar-refractivity contribution in [2.45, 2.75) is 122 Å². The van der Waals surface area contributed by atoms with E-state index in [4.69, 9.17) is 28.7 Å². The van der Waals surface area contributed by atoms with E-state index >= 15 is 0 Å². The van der Waals surface area contributed by atoms with Gasteiger partial charge >= 0.3 is 12.2 Å². The van der Waals surface area contributed by atoms with Gasteiger partial charge in [0.25, 0.3) is 0 Å². The lowest BCUT2D eigenvalue weighted by Gasteiger charge is -2.36. The molecule has 1 aromatic carbocycles. The van der Waals surface area contributed by atoms with Gasteiger partial charge in [0, 0.05) is 46.2 Å². The summed E-state index contributed by atoms with van der Waals surface area (Å²) in [6, 6.07) is 5.94. The van der Waals surface area contributed by atoms with Crippen molar-refractivity contribution in [2.24, 2.45) is 5.92 Å². The first-order chi connectivity index (χ1) is 28.8. The normalized spacial score (nSPS) is 17.0. The maximum atomic E-state index is 14.4. The summed E-state index contributed by atoms with van der Waals surface area (Å²) < 4.78 is 27.9. The molecule has 1 N–H and O–H groups in total. The van der Waals surface area contributed by atoms with Crippen LogP contribution in [-0.2, 0) is 28.5 Å². The van der Waals surface area contributed by atoms with Gasteiger partial charge in [-0.2, -0.15) is 0 Å². The number of nitrogens with zero attached hydrogens (tertiary/aromatic N) is 4. The molecule has 1 saturated carbocycles. The molecule has 15 nitrogen and oxygen atoms in total. The lowest BCUT2D eigenvalue weighted by atomic mass is 9.83. The third-order valence-electron chi connectivity index (χ3n) is 10.8. The Morgan fingerprint density at radius 3 is 2.30 bits per heavy atom. The summed E-state index contributed by atoms with van der Waals surface area (Å²) >= 11 is 1.35. The molecular weight excluding hydrogens is 819 g/mol. The molecule has 0 spiro atoms. The van der Waals surface area contributed by atoms with Crippen molar-refractivity contribution in [1.29, 1.82) is 0 Å². The van der Waals surface area contributed by atoms with Crippen LogP contribution in [0.5, 0.6) is 5.75 Å². The van der Waals surface area contributed by atoms with Gasteiger partial charge in [-0.3, -0.25) is 19.3 Å². The Balaban J connectivity index is 1.26. The average Bonchev–Trinajstić information content (AvgIpc) is 3.91. The molecule has 1 saturated heterocycles. The van der Waals surface area contributed by atoms with E-state index in [1.807, 2.05) is 4.90 Å². The number of aromatic nitrogens is 1. The lowest BCUT2D eigenvalue weighted by molar-refractivity contribution is -0.140. The fourth-order valence-corrected chi connectivity index (χ4v) is 8.72. The lowest BCUT2D eigenvalue weighted by Crippen LogP contribution is -2.56. The summed E-state index contributed by atoms with van der Waals surface area (Å²) in [6.45, 7) is 16.7. The van der Waals surface area contributed by atoms with E-state index in [1.165, 1.54) is 28.2 Å². The average molecular weight is 888 g/mol. The number of hydrogen-bond donors (Lipinski definition) is 1. The molecule has 0 radical (unpaired) electrons. The second-order valence-corrected chi connectivity index (χ2v) is 24.7. The monoisotopic (exact) mass is 887 g/mol. The SMILES string of the molecule is C[C@@H](C(=O)N[C@H](C(=O)N1CCC[C@H]1c1nc(C(=O)c2cccc(OCCOCCOCCN(C)C(=O)OCC[Si](C)(C)C)c2)cs1)C1CCCCC1)N(C)C(=O)OC(C)(C)C. The molecule has 1 aliphatic heterocycles. The number of nitrogens with one attached hydrogen (secondary N) is 1. The number of carbonyl (C=O) groups is 5. The number of amides is 4. The number of carbonyl (C=O) groups excluding carboxylic acids is 5. The molecule has 2 aliphatic rings. The quantitative estimate of drug-likeness (QED) is 0.0767. The van der Waals surface area contributed by atoms with Crippen molar-refractivity contribution in [3.8, 4) is 5.75 Å². The highest BCUT2D eigenvalue weighted by atomic mass is 32.1. The van der Waals surface area contributed by atoms with E-state index in [9.17, 15) is 24.0 Å². The minimum Gasteiger partial charge on any atom is -0.491 e. The summed E-state index contributed by atoms with van der Waals surface area (Å²) in [5.74, 6) is -0.326. The van der Waals surface area contributed by atoms with Gasteiger partial charge in [0.15, 0.2) is 0 Å². The van der Waals surface area contributed by atoms with E-state index in [0.717, 1.165) is 44.6 Å². The van der Waals surface area contributed by atoms with Gasteiger partial charge in [-0.05, 0) is 77.5 Å². The van der Waals surface area contributed by atoms with Gasteiger partial charge < -0.3 is 38.8 Å². The number of hydrogen-bond acceptors (Lipinski definition) is 12. The minimum atomic E-state index is -1.26. The Bertz CT molecular complexity index is 1760. The zero-order chi connectivity index (χ0) is 44.7. The first-order valence-electron chi connectivity index (χ1n) is 21.7. The first-order valence-corrected chi connectivity index (χ1v) is 26.3. The van der Waals surface area contributed by atoms with Crippen LogP contribution in [0.2, 0.25) is 25.7 Å². The van der Waals surface area contributed by atoms with Gasteiger partial charge in [-0.15, -0.1) is 11.3 Å². The molecule has 2 aromatic rings. The molecule has 2 fully saturated rings. The number of ether oxygens (including phenoxy) is 5. The van der Waals surface area contributed by atoms with Crippen LogP contribution in [0.25, 0.3) is 0 Å². The molecule has 3 atom stereocenters. The Morgan fingerprint density at radius 2 is 1.61 bits per heavy atom. The van der Waals surface area contributed by atoms with Crippen molar-refractivity contribution in [2.75, 3.05) is 66.8 Å².